The molecule has 2 aromatic heterocycles. The Hall–Kier alpha value is -1.53. The molecule has 0 aliphatic heterocycles. The third-order valence-corrected chi connectivity index (χ3v) is 4.81. The maximum absolute atomic E-state index is 13.6. The maximum atomic E-state index is 13.6. The van der Waals surface area contributed by atoms with Crippen molar-refractivity contribution < 1.29 is 4.39 Å². The molecule has 1 unspecified atom stereocenters. The summed E-state index contributed by atoms with van der Waals surface area (Å²) in [6.45, 7) is 5.79. The third kappa shape index (κ3) is 2.09. The Morgan fingerprint density at radius 3 is 2.80 bits per heavy atom. The van der Waals surface area contributed by atoms with Crippen molar-refractivity contribution >= 4 is 34.6 Å². The van der Waals surface area contributed by atoms with E-state index in [-0.39, 0.29) is 11.9 Å². The standard InChI is InChI=1S/C14H14FN3S2/c1-7-4-12-11(5-10(7)15)17-14(19)18(12)9(3)13-16-8(2)6-20-13/h4-6,9H,1-3H3,(H,17,19). The molecule has 0 saturated heterocycles. The molecule has 3 aromatic rings. The van der Waals surface area contributed by atoms with Gasteiger partial charge in [-0.25, -0.2) is 9.37 Å². The molecule has 0 saturated carbocycles. The van der Waals surface area contributed by atoms with E-state index >= 15 is 0 Å². The predicted molar refractivity (Wildman–Crippen MR) is 82.5 cm³/mol. The van der Waals surface area contributed by atoms with Crippen LogP contribution in [0, 0.1) is 24.4 Å². The molecule has 1 N–H and O–H groups in total. The van der Waals surface area contributed by atoms with Gasteiger partial charge >= 0.3 is 0 Å². The van der Waals surface area contributed by atoms with E-state index in [1.807, 2.05) is 22.9 Å². The third-order valence-electron chi connectivity index (χ3n) is 3.38. The average molecular weight is 307 g/mol. The SMILES string of the molecule is Cc1csc(C(C)n2c(=S)[nH]c3cc(F)c(C)cc32)n1. The first-order chi connectivity index (χ1) is 9.47. The zero-order chi connectivity index (χ0) is 14.4. The van der Waals surface area contributed by atoms with Gasteiger partial charge in [0.25, 0.3) is 0 Å². The van der Waals surface area contributed by atoms with Gasteiger partial charge in [-0.3, -0.25) is 0 Å². The number of hydrogen-bond donors (Lipinski definition) is 1. The zero-order valence-corrected chi connectivity index (χ0v) is 13.0. The number of aromatic amines is 1. The molecule has 0 radical (unpaired) electrons. The first-order valence-corrected chi connectivity index (χ1v) is 7.58. The molecule has 1 atom stereocenters. The Labute approximate surface area is 125 Å². The van der Waals surface area contributed by atoms with Crippen LogP contribution in [0.3, 0.4) is 0 Å². The molecule has 0 spiro atoms. The molecule has 0 aliphatic rings. The van der Waals surface area contributed by atoms with Crippen LogP contribution in [-0.4, -0.2) is 14.5 Å². The summed E-state index contributed by atoms with van der Waals surface area (Å²) in [5, 5.41) is 3.02. The van der Waals surface area contributed by atoms with E-state index in [0.717, 1.165) is 21.7 Å². The topological polar surface area (TPSA) is 33.6 Å². The Balaban J connectivity index is 2.23. The van der Waals surface area contributed by atoms with Crippen molar-refractivity contribution in [2.24, 2.45) is 0 Å². The molecule has 0 amide bonds. The number of halogens is 1. The van der Waals surface area contributed by atoms with E-state index in [9.17, 15) is 4.39 Å². The van der Waals surface area contributed by atoms with Crippen molar-refractivity contribution in [3.63, 3.8) is 0 Å². The average Bonchev–Trinajstić information content (AvgIpc) is 2.93. The van der Waals surface area contributed by atoms with Gasteiger partial charge in [0.05, 0.1) is 17.1 Å². The first kappa shape index (κ1) is 13.5. The largest absolute Gasteiger partial charge is 0.330 e. The quantitative estimate of drug-likeness (QED) is 0.706. The lowest BCUT2D eigenvalue weighted by atomic mass is 10.2. The van der Waals surface area contributed by atoms with Gasteiger partial charge in [-0.2, -0.15) is 0 Å². The van der Waals surface area contributed by atoms with Crippen LogP contribution in [0.15, 0.2) is 17.5 Å². The van der Waals surface area contributed by atoms with Gasteiger partial charge in [0.15, 0.2) is 4.77 Å². The number of nitrogens with zero attached hydrogens (tertiary/aromatic N) is 2. The van der Waals surface area contributed by atoms with Crippen molar-refractivity contribution in [1.82, 2.24) is 14.5 Å². The van der Waals surface area contributed by atoms with Crippen LogP contribution < -0.4 is 0 Å². The Morgan fingerprint density at radius 1 is 1.40 bits per heavy atom. The lowest BCUT2D eigenvalue weighted by Crippen LogP contribution is -2.06. The fourth-order valence-corrected chi connectivity index (χ4v) is 3.52. The fourth-order valence-electron chi connectivity index (χ4n) is 2.31. The summed E-state index contributed by atoms with van der Waals surface area (Å²) >= 11 is 7.00. The molecule has 6 heteroatoms. The van der Waals surface area contributed by atoms with Crippen molar-refractivity contribution in [2.45, 2.75) is 26.8 Å². The summed E-state index contributed by atoms with van der Waals surface area (Å²) in [7, 11) is 0. The molecule has 2 heterocycles. The van der Waals surface area contributed by atoms with Gasteiger partial charge in [0.1, 0.15) is 10.8 Å². The second-order valence-corrected chi connectivity index (χ2v) is 6.20. The second-order valence-electron chi connectivity index (χ2n) is 4.92. The number of hydrogen-bond acceptors (Lipinski definition) is 3. The highest BCUT2D eigenvalue weighted by atomic mass is 32.1. The van der Waals surface area contributed by atoms with Crippen LogP contribution in [-0.2, 0) is 0 Å². The highest BCUT2D eigenvalue weighted by Crippen LogP contribution is 2.27. The normalized spacial score (nSPS) is 13.0. The van der Waals surface area contributed by atoms with Crippen LogP contribution in [0.2, 0.25) is 0 Å². The Morgan fingerprint density at radius 2 is 2.15 bits per heavy atom. The van der Waals surface area contributed by atoms with Crippen molar-refractivity contribution in [2.75, 3.05) is 0 Å². The van der Waals surface area contributed by atoms with Crippen LogP contribution in [0.5, 0.6) is 0 Å². The molecule has 104 valence electrons. The minimum absolute atomic E-state index is 0.0276. The van der Waals surface area contributed by atoms with Gasteiger partial charge < -0.3 is 9.55 Å². The Kier molecular flexibility index (Phi) is 3.22. The second kappa shape index (κ2) is 4.79. The molecular formula is C14H14FN3S2. The number of rotatable bonds is 2. The summed E-state index contributed by atoms with van der Waals surface area (Å²) in [4.78, 5) is 7.59. The molecule has 1 aromatic carbocycles. The van der Waals surface area contributed by atoms with Crippen molar-refractivity contribution in [3.8, 4) is 0 Å². The van der Waals surface area contributed by atoms with Crippen LogP contribution in [0.4, 0.5) is 4.39 Å². The molecular weight excluding hydrogens is 293 g/mol. The summed E-state index contributed by atoms with van der Waals surface area (Å²) in [5.41, 5.74) is 3.25. The van der Waals surface area contributed by atoms with E-state index in [1.54, 1.807) is 18.3 Å². The number of nitrogens with one attached hydrogen (secondary N) is 1. The van der Waals surface area contributed by atoms with E-state index < -0.39 is 0 Å². The first-order valence-electron chi connectivity index (χ1n) is 6.29. The van der Waals surface area contributed by atoms with Gasteiger partial charge in [-0.05, 0) is 50.7 Å². The minimum Gasteiger partial charge on any atom is -0.330 e. The van der Waals surface area contributed by atoms with Crippen LogP contribution in [0.25, 0.3) is 11.0 Å². The summed E-state index contributed by atoms with van der Waals surface area (Å²) in [5.74, 6) is -0.223. The molecule has 3 nitrogen and oxygen atoms in total. The zero-order valence-electron chi connectivity index (χ0n) is 11.4. The fraction of sp³-hybridized carbons (Fsp3) is 0.286. The highest BCUT2D eigenvalue weighted by Gasteiger charge is 2.17. The summed E-state index contributed by atoms with van der Waals surface area (Å²) < 4.78 is 16.2. The van der Waals surface area contributed by atoms with Crippen LogP contribution >= 0.6 is 23.6 Å². The van der Waals surface area contributed by atoms with Crippen LogP contribution in [0.1, 0.15) is 29.2 Å². The number of aryl methyl sites for hydroxylation is 2. The van der Waals surface area contributed by atoms with E-state index in [1.165, 1.54) is 6.07 Å². The summed E-state index contributed by atoms with van der Waals surface area (Å²) in [6.07, 6.45) is 0. The smallest absolute Gasteiger partial charge is 0.178 e. The predicted octanol–water partition coefficient (Wildman–Crippen LogP) is 4.52. The minimum atomic E-state index is -0.223. The molecule has 0 fully saturated rings. The number of fused-ring (bicyclic) bond motifs is 1. The lowest BCUT2D eigenvalue weighted by Gasteiger charge is -2.12. The monoisotopic (exact) mass is 307 g/mol. The maximum Gasteiger partial charge on any atom is 0.178 e. The molecule has 3 rings (SSSR count). The van der Waals surface area contributed by atoms with E-state index in [0.29, 0.717) is 10.3 Å². The number of aromatic nitrogens is 3. The highest BCUT2D eigenvalue weighted by molar-refractivity contribution is 7.71. The molecule has 20 heavy (non-hydrogen) atoms. The van der Waals surface area contributed by atoms with Crippen molar-refractivity contribution in [3.05, 3.63) is 44.4 Å². The van der Waals surface area contributed by atoms with E-state index in [4.69, 9.17) is 12.2 Å². The molecule has 0 aliphatic carbocycles. The van der Waals surface area contributed by atoms with E-state index in [2.05, 4.69) is 16.9 Å². The lowest BCUT2D eigenvalue weighted by molar-refractivity contribution is 0.618. The van der Waals surface area contributed by atoms with Gasteiger partial charge in [0.2, 0.25) is 0 Å². The number of imidazole rings is 1. The Bertz CT molecular complexity index is 844. The van der Waals surface area contributed by atoms with Gasteiger partial charge in [-0.1, -0.05) is 0 Å². The number of benzene rings is 1. The van der Waals surface area contributed by atoms with Crippen molar-refractivity contribution in [1.29, 1.82) is 0 Å². The van der Waals surface area contributed by atoms with Gasteiger partial charge in [0, 0.05) is 11.1 Å². The molecule has 0 bridgehead atoms. The number of thiazole rings is 1. The number of H-pyrrole nitrogens is 1. The summed E-state index contributed by atoms with van der Waals surface area (Å²) in [6, 6.07) is 3.35. The van der Waals surface area contributed by atoms with Gasteiger partial charge in [-0.15, -0.1) is 11.3 Å².